The van der Waals surface area contributed by atoms with E-state index in [4.69, 9.17) is 11.0 Å². The highest BCUT2D eigenvalue weighted by molar-refractivity contribution is 7.88. The van der Waals surface area contributed by atoms with Crippen molar-refractivity contribution in [2.45, 2.75) is 44.0 Å². The zero-order chi connectivity index (χ0) is 15.5. The van der Waals surface area contributed by atoms with Gasteiger partial charge in [-0.1, -0.05) is 24.6 Å². The van der Waals surface area contributed by atoms with E-state index in [0.29, 0.717) is 17.7 Å². The van der Waals surface area contributed by atoms with Gasteiger partial charge in [0.05, 0.1) is 17.4 Å². The Kier molecular flexibility index (Phi) is 4.99. The molecule has 0 aliphatic carbocycles. The lowest BCUT2D eigenvalue weighted by molar-refractivity contribution is 0.195. The summed E-state index contributed by atoms with van der Waals surface area (Å²) in [5.41, 5.74) is 6.71. The summed E-state index contributed by atoms with van der Waals surface area (Å²) in [4.78, 5) is 0. The molecular weight excluding hydrogens is 286 g/mol. The van der Waals surface area contributed by atoms with Gasteiger partial charge < -0.3 is 5.73 Å². The maximum absolute atomic E-state index is 12.8. The van der Waals surface area contributed by atoms with Crippen molar-refractivity contribution < 1.29 is 8.42 Å². The minimum atomic E-state index is -3.48. The molecule has 114 valence electrons. The number of hydrogen-bond acceptors (Lipinski definition) is 4. The number of nitriles is 1. The van der Waals surface area contributed by atoms with Gasteiger partial charge in [-0.05, 0) is 31.4 Å². The smallest absolute Gasteiger partial charge is 0.218 e. The molecule has 1 aliphatic heterocycles. The van der Waals surface area contributed by atoms with Crippen LogP contribution in [0.2, 0.25) is 0 Å². The molecule has 1 aromatic carbocycles. The van der Waals surface area contributed by atoms with E-state index in [2.05, 4.69) is 0 Å². The number of piperidine rings is 1. The van der Waals surface area contributed by atoms with Crippen LogP contribution < -0.4 is 5.73 Å². The summed E-state index contributed by atoms with van der Waals surface area (Å²) in [7, 11) is -3.48. The second-order valence-corrected chi connectivity index (χ2v) is 7.40. The molecular formula is C15H21N3O2S. The molecule has 0 aromatic heterocycles. The first-order chi connectivity index (χ1) is 9.99. The fourth-order valence-electron chi connectivity index (χ4n) is 3.01. The van der Waals surface area contributed by atoms with Crippen LogP contribution in [0.5, 0.6) is 0 Å². The van der Waals surface area contributed by atoms with Crippen LogP contribution in [-0.4, -0.2) is 31.4 Å². The van der Waals surface area contributed by atoms with Gasteiger partial charge in [0.1, 0.15) is 0 Å². The van der Waals surface area contributed by atoms with Gasteiger partial charge in [0.2, 0.25) is 10.0 Å². The maximum atomic E-state index is 12.8. The molecule has 1 heterocycles. The van der Waals surface area contributed by atoms with Gasteiger partial charge in [-0.2, -0.15) is 9.57 Å². The van der Waals surface area contributed by atoms with Crippen LogP contribution in [0.1, 0.15) is 37.3 Å². The van der Waals surface area contributed by atoms with Crippen LogP contribution >= 0.6 is 0 Å². The van der Waals surface area contributed by atoms with E-state index in [1.807, 2.05) is 13.0 Å². The molecule has 1 saturated heterocycles. The van der Waals surface area contributed by atoms with Gasteiger partial charge in [-0.3, -0.25) is 0 Å². The molecule has 2 unspecified atom stereocenters. The van der Waals surface area contributed by atoms with Gasteiger partial charge in [0, 0.05) is 18.6 Å². The monoisotopic (exact) mass is 307 g/mol. The van der Waals surface area contributed by atoms with Crippen LogP contribution in [0, 0.1) is 11.3 Å². The van der Waals surface area contributed by atoms with Crippen molar-refractivity contribution in [2.24, 2.45) is 5.73 Å². The van der Waals surface area contributed by atoms with E-state index >= 15 is 0 Å². The predicted molar refractivity (Wildman–Crippen MR) is 81.8 cm³/mol. The van der Waals surface area contributed by atoms with E-state index in [9.17, 15) is 8.42 Å². The molecule has 0 radical (unpaired) electrons. The number of sulfonamides is 1. The van der Waals surface area contributed by atoms with E-state index in [1.54, 1.807) is 28.6 Å². The Hall–Kier alpha value is -1.42. The highest BCUT2D eigenvalue weighted by Crippen LogP contribution is 2.27. The van der Waals surface area contributed by atoms with Crippen LogP contribution in [0.4, 0.5) is 0 Å². The molecule has 5 nitrogen and oxygen atoms in total. The lowest BCUT2D eigenvalue weighted by Crippen LogP contribution is -2.52. The van der Waals surface area contributed by atoms with Gasteiger partial charge in [-0.25, -0.2) is 8.42 Å². The third-order valence-electron chi connectivity index (χ3n) is 4.02. The molecule has 1 aromatic rings. The Bertz CT molecular complexity index is 637. The predicted octanol–water partition coefficient (Wildman–Crippen LogP) is 1.59. The SMILES string of the molecule is CC1CCCC(CN)N1S(=O)(=O)Cc1ccccc1C#N. The molecule has 2 N–H and O–H groups in total. The van der Waals surface area contributed by atoms with Gasteiger partial charge in [0.15, 0.2) is 0 Å². The largest absolute Gasteiger partial charge is 0.329 e. The topological polar surface area (TPSA) is 87.2 Å². The lowest BCUT2D eigenvalue weighted by atomic mass is 10.00. The van der Waals surface area contributed by atoms with Crippen molar-refractivity contribution in [1.29, 1.82) is 5.26 Å². The molecule has 1 fully saturated rings. The van der Waals surface area contributed by atoms with E-state index in [-0.39, 0.29) is 17.8 Å². The molecule has 0 spiro atoms. The second kappa shape index (κ2) is 6.56. The third kappa shape index (κ3) is 3.43. The summed E-state index contributed by atoms with van der Waals surface area (Å²) in [5.74, 6) is -0.141. The standard InChI is InChI=1S/C15H21N3O2S/c1-12-5-4-8-15(10-17)18(12)21(19,20)11-14-7-3-2-6-13(14)9-16/h2-3,6-7,12,15H,4-5,8,10-11,17H2,1H3. The van der Waals surface area contributed by atoms with Gasteiger partial charge in [0.25, 0.3) is 0 Å². The molecule has 6 heteroatoms. The first-order valence-corrected chi connectivity index (χ1v) is 8.79. The minimum absolute atomic E-state index is 0.0356. The van der Waals surface area contributed by atoms with Crippen molar-refractivity contribution in [1.82, 2.24) is 4.31 Å². The normalized spacial score (nSPS) is 23.7. The summed E-state index contributed by atoms with van der Waals surface area (Å²) < 4.78 is 27.1. The van der Waals surface area contributed by atoms with Crippen molar-refractivity contribution in [3.05, 3.63) is 35.4 Å². The molecule has 2 atom stereocenters. The number of nitrogens with two attached hydrogens (primary N) is 1. The molecule has 0 amide bonds. The highest BCUT2D eigenvalue weighted by Gasteiger charge is 2.36. The summed E-state index contributed by atoms with van der Waals surface area (Å²) >= 11 is 0. The lowest BCUT2D eigenvalue weighted by Gasteiger charge is -2.39. The molecule has 1 aliphatic rings. The number of hydrogen-bond donors (Lipinski definition) is 1. The minimum Gasteiger partial charge on any atom is -0.329 e. The Labute approximate surface area is 126 Å². The summed E-state index contributed by atoms with van der Waals surface area (Å²) in [5, 5.41) is 9.10. The van der Waals surface area contributed by atoms with Crippen LogP contribution in [0.3, 0.4) is 0 Å². The zero-order valence-electron chi connectivity index (χ0n) is 12.2. The van der Waals surface area contributed by atoms with Crippen molar-refractivity contribution in [3.63, 3.8) is 0 Å². The number of nitrogens with zero attached hydrogens (tertiary/aromatic N) is 2. The average Bonchev–Trinajstić information content (AvgIpc) is 2.46. The third-order valence-corrected chi connectivity index (χ3v) is 6.00. The number of rotatable bonds is 4. The van der Waals surface area contributed by atoms with Gasteiger partial charge >= 0.3 is 0 Å². The van der Waals surface area contributed by atoms with Crippen molar-refractivity contribution >= 4 is 10.0 Å². The maximum Gasteiger partial charge on any atom is 0.218 e. The van der Waals surface area contributed by atoms with E-state index in [0.717, 1.165) is 19.3 Å². The Morgan fingerprint density at radius 2 is 2.10 bits per heavy atom. The van der Waals surface area contributed by atoms with Crippen molar-refractivity contribution in [3.8, 4) is 6.07 Å². The summed E-state index contributed by atoms with van der Waals surface area (Å²) in [6.07, 6.45) is 2.67. The Balaban J connectivity index is 2.31. The average molecular weight is 307 g/mol. The fourth-order valence-corrected chi connectivity index (χ4v) is 5.11. The number of benzene rings is 1. The molecule has 0 saturated carbocycles. The first-order valence-electron chi connectivity index (χ1n) is 7.19. The first kappa shape index (κ1) is 16.0. The fraction of sp³-hybridized carbons (Fsp3) is 0.533. The van der Waals surface area contributed by atoms with Gasteiger partial charge in [-0.15, -0.1) is 0 Å². The van der Waals surface area contributed by atoms with E-state index in [1.165, 1.54) is 0 Å². The summed E-state index contributed by atoms with van der Waals surface area (Å²) in [6, 6.07) is 8.72. The van der Waals surface area contributed by atoms with E-state index < -0.39 is 10.0 Å². The second-order valence-electron chi connectivity index (χ2n) is 5.52. The van der Waals surface area contributed by atoms with Crippen LogP contribution in [-0.2, 0) is 15.8 Å². The zero-order valence-corrected chi connectivity index (χ0v) is 13.0. The quantitative estimate of drug-likeness (QED) is 0.915. The van der Waals surface area contributed by atoms with Crippen LogP contribution in [0.25, 0.3) is 0 Å². The van der Waals surface area contributed by atoms with Crippen LogP contribution in [0.15, 0.2) is 24.3 Å². The molecule has 0 bridgehead atoms. The summed E-state index contributed by atoms with van der Waals surface area (Å²) in [6.45, 7) is 2.26. The molecule has 21 heavy (non-hydrogen) atoms. The Morgan fingerprint density at radius 1 is 1.38 bits per heavy atom. The highest BCUT2D eigenvalue weighted by atomic mass is 32.2. The molecule has 2 rings (SSSR count). The Morgan fingerprint density at radius 3 is 2.76 bits per heavy atom. The van der Waals surface area contributed by atoms with Crippen molar-refractivity contribution in [2.75, 3.05) is 6.54 Å².